The Labute approximate surface area is 245 Å². The third-order valence-electron chi connectivity index (χ3n) is 10.8. The second kappa shape index (κ2) is 11.1. The van der Waals surface area contributed by atoms with E-state index in [4.69, 9.17) is 10.0 Å². The molecule has 0 bridgehead atoms. The molecular formula is C31H40N3O8-. The highest BCUT2D eigenvalue weighted by molar-refractivity contribution is 6.05. The maximum Gasteiger partial charge on any atom is 0.329 e. The lowest BCUT2D eigenvalue weighted by molar-refractivity contribution is -0.146. The minimum Gasteiger partial charge on any atom is -0.733 e. The smallest absolute Gasteiger partial charge is 0.329 e. The number of anilines is 1. The summed E-state index contributed by atoms with van der Waals surface area (Å²) in [6.07, 6.45) is 10.4. The number of benzene rings is 1. The average Bonchev–Trinajstić information content (AvgIpc) is 3.19. The molecule has 5 N–H and O–H groups in total. The van der Waals surface area contributed by atoms with Crippen LogP contribution in [-0.4, -0.2) is 56.4 Å². The number of aliphatic carboxylic acids is 1. The Morgan fingerprint density at radius 3 is 2.64 bits per heavy atom. The molecule has 0 aliphatic heterocycles. The fourth-order valence-electron chi connectivity index (χ4n) is 8.18. The van der Waals surface area contributed by atoms with Gasteiger partial charge in [0.15, 0.2) is 12.6 Å². The van der Waals surface area contributed by atoms with Gasteiger partial charge in [0.1, 0.15) is 11.8 Å². The Morgan fingerprint density at radius 2 is 1.93 bits per heavy atom. The van der Waals surface area contributed by atoms with Crippen molar-refractivity contribution in [1.82, 2.24) is 5.32 Å². The van der Waals surface area contributed by atoms with Crippen molar-refractivity contribution in [1.29, 1.82) is 0 Å². The van der Waals surface area contributed by atoms with Crippen molar-refractivity contribution >= 4 is 23.3 Å². The van der Waals surface area contributed by atoms with Gasteiger partial charge < -0.3 is 35.9 Å². The Bertz CT molecular complexity index is 1320. The van der Waals surface area contributed by atoms with Gasteiger partial charge in [0.25, 0.3) is 5.91 Å². The number of aliphatic hydroxyl groups is 2. The standard InChI is InChI=1S/C31H40N3O8/c1-29-12-9-20(16-19(29)7-8-22-23(29)10-13-30(2)24(22)11-14-31(30,3)39)33-42-17-25(35)32-26(28(37)38)27(36)18-5-4-6-21(15-18)34(40)41/h4-6,9,12,15-16,22-24,26-27,36,39-40H,7-8,10-11,13-14,17H2,1-3H3,(H,32,35)(H,37,38)/q-1/t22-,23+,24+,26+,27-,29+,30+,31+/m1/s1. The van der Waals surface area contributed by atoms with E-state index in [1.165, 1.54) is 23.8 Å². The maximum atomic E-state index is 12.5. The molecule has 1 aromatic carbocycles. The van der Waals surface area contributed by atoms with E-state index >= 15 is 0 Å². The van der Waals surface area contributed by atoms with Crippen LogP contribution in [0.15, 0.2) is 53.2 Å². The van der Waals surface area contributed by atoms with Crippen LogP contribution >= 0.6 is 0 Å². The normalized spacial score (nSPS) is 35.7. The SMILES string of the molecule is C[C@]12C=CC(=NOCC(=O)N[C@H](C(=O)O)[C@H](O)c3cccc(N([O-])O)c3)C=C1CC[C@@H]1[C@@H]2CC[C@@]2(C)[C@H]1CC[C@]2(C)O. The molecule has 4 aliphatic carbocycles. The Morgan fingerprint density at radius 1 is 1.19 bits per heavy atom. The first kappa shape index (κ1) is 30.2. The summed E-state index contributed by atoms with van der Waals surface area (Å²) in [7, 11) is 0. The Kier molecular flexibility index (Phi) is 7.99. The highest BCUT2D eigenvalue weighted by Crippen LogP contribution is 2.66. The second-order valence-corrected chi connectivity index (χ2v) is 13.0. The van der Waals surface area contributed by atoms with Crippen LogP contribution in [0.4, 0.5) is 5.69 Å². The first-order valence-electron chi connectivity index (χ1n) is 14.6. The van der Waals surface area contributed by atoms with E-state index in [9.17, 15) is 30.1 Å². The number of carboxylic acid groups (broad SMARTS) is 1. The van der Waals surface area contributed by atoms with E-state index in [-0.39, 0.29) is 22.1 Å². The molecule has 8 atom stereocenters. The topological polar surface area (TPSA) is 175 Å². The molecule has 0 saturated heterocycles. The molecule has 0 heterocycles. The molecule has 0 radical (unpaired) electrons. The molecule has 1 amide bonds. The molecule has 42 heavy (non-hydrogen) atoms. The van der Waals surface area contributed by atoms with Crippen LogP contribution in [0.5, 0.6) is 0 Å². The fraction of sp³-hybridized carbons (Fsp3) is 0.581. The third kappa shape index (κ3) is 5.23. The van der Waals surface area contributed by atoms with Gasteiger partial charge in [-0.2, -0.15) is 0 Å². The summed E-state index contributed by atoms with van der Waals surface area (Å²) in [4.78, 5) is 29.5. The van der Waals surface area contributed by atoms with E-state index in [0.717, 1.165) is 44.6 Å². The summed E-state index contributed by atoms with van der Waals surface area (Å²) >= 11 is 0. The highest BCUT2D eigenvalue weighted by atomic mass is 16.8. The van der Waals surface area contributed by atoms with Crippen molar-refractivity contribution in [2.24, 2.45) is 33.7 Å². The number of allylic oxidation sites excluding steroid dienone is 4. The second-order valence-electron chi connectivity index (χ2n) is 13.0. The van der Waals surface area contributed by atoms with Gasteiger partial charge in [0.2, 0.25) is 0 Å². The zero-order valence-corrected chi connectivity index (χ0v) is 24.2. The summed E-state index contributed by atoms with van der Waals surface area (Å²) in [5, 5.41) is 57.4. The summed E-state index contributed by atoms with van der Waals surface area (Å²) in [5.41, 5.74) is 0.915. The predicted octanol–water partition coefficient (Wildman–Crippen LogP) is 3.85. The number of nitrogens with zero attached hydrogens (tertiary/aromatic N) is 2. The van der Waals surface area contributed by atoms with Crippen molar-refractivity contribution in [3.05, 3.63) is 58.8 Å². The van der Waals surface area contributed by atoms with E-state index in [2.05, 4.69) is 30.4 Å². The van der Waals surface area contributed by atoms with Gasteiger partial charge in [-0.3, -0.25) is 10.0 Å². The largest absolute Gasteiger partial charge is 0.733 e. The number of amides is 1. The number of fused-ring (bicyclic) bond motifs is 5. The molecule has 5 rings (SSSR count). The molecule has 4 aliphatic rings. The first-order valence-corrected chi connectivity index (χ1v) is 14.6. The highest BCUT2D eigenvalue weighted by Gasteiger charge is 2.62. The molecule has 0 aromatic heterocycles. The predicted molar refractivity (Wildman–Crippen MR) is 154 cm³/mol. The number of oxime groups is 1. The molecule has 228 valence electrons. The van der Waals surface area contributed by atoms with E-state index in [1.807, 2.05) is 19.1 Å². The number of rotatable bonds is 8. The molecule has 0 unspecified atom stereocenters. The monoisotopic (exact) mass is 582 g/mol. The van der Waals surface area contributed by atoms with Crippen LogP contribution in [0.3, 0.4) is 0 Å². The summed E-state index contributed by atoms with van der Waals surface area (Å²) in [6.45, 7) is 6.01. The number of aliphatic hydroxyl groups excluding tert-OH is 1. The molecule has 11 nitrogen and oxygen atoms in total. The van der Waals surface area contributed by atoms with Crippen molar-refractivity contribution in [3.63, 3.8) is 0 Å². The van der Waals surface area contributed by atoms with Gasteiger partial charge >= 0.3 is 5.97 Å². The van der Waals surface area contributed by atoms with Crippen molar-refractivity contribution < 1.29 is 35.0 Å². The molecule has 3 saturated carbocycles. The van der Waals surface area contributed by atoms with Crippen LogP contribution in [0.1, 0.15) is 71.0 Å². The van der Waals surface area contributed by atoms with Crippen molar-refractivity contribution in [3.8, 4) is 0 Å². The molecule has 1 aromatic rings. The van der Waals surface area contributed by atoms with E-state index in [1.54, 1.807) is 0 Å². The quantitative estimate of drug-likeness (QED) is 0.285. The van der Waals surface area contributed by atoms with Gasteiger partial charge in [-0.1, -0.05) is 42.8 Å². The lowest BCUT2D eigenvalue weighted by atomic mass is 9.47. The Hall–Kier alpha value is -3.25. The van der Waals surface area contributed by atoms with Gasteiger partial charge in [-0.05, 0) is 98.5 Å². The minimum absolute atomic E-state index is 0.0221. The number of carboxylic acids is 1. The summed E-state index contributed by atoms with van der Waals surface area (Å²) in [5.74, 6) is -0.725. The molecule has 3 fully saturated rings. The van der Waals surface area contributed by atoms with E-state index < -0.39 is 41.5 Å². The van der Waals surface area contributed by atoms with Crippen LogP contribution in [0.2, 0.25) is 0 Å². The number of nitrogens with one attached hydrogen (secondary N) is 1. The van der Waals surface area contributed by atoms with Gasteiger partial charge in [0.05, 0.1) is 11.3 Å². The number of hydrogen-bond donors (Lipinski definition) is 5. The van der Waals surface area contributed by atoms with Crippen LogP contribution < -0.4 is 10.5 Å². The van der Waals surface area contributed by atoms with Crippen LogP contribution in [0, 0.1) is 33.8 Å². The van der Waals surface area contributed by atoms with Crippen LogP contribution in [-0.2, 0) is 14.4 Å². The molecule has 0 spiro atoms. The average molecular weight is 583 g/mol. The number of hydrogen-bond acceptors (Lipinski definition) is 9. The van der Waals surface area contributed by atoms with Gasteiger partial charge in [-0.15, -0.1) is 0 Å². The summed E-state index contributed by atoms with van der Waals surface area (Å²) < 4.78 is 0. The zero-order valence-electron chi connectivity index (χ0n) is 24.2. The summed E-state index contributed by atoms with van der Waals surface area (Å²) in [6, 6.07) is 3.41. The fourth-order valence-corrected chi connectivity index (χ4v) is 8.18. The van der Waals surface area contributed by atoms with Gasteiger partial charge in [-0.25, -0.2) is 4.79 Å². The lowest BCUT2D eigenvalue weighted by Gasteiger charge is -2.58. The Balaban J connectivity index is 1.20. The minimum atomic E-state index is -1.73. The first-order chi connectivity index (χ1) is 19.8. The molecule has 11 heteroatoms. The molecular weight excluding hydrogens is 542 g/mol. The van der Waals surface area contributed by atoms with Crippen molar-refractivity contribution in [2.45, 2.75) is 77.0 Å². The van der Waals surface area contributed by atoms with Gasteiger partial charge in [0, 0.05) is 5.41 Å². The third-order valence-corrected chi connectivity index (χ3v) is 10.8. The lowest BCUT2D eigenvalue weighted by Crippen LogP contribution is -2.53. The van der Waals surface area contributed by atoms with Crippen LogP contribution in [0.25, 0.3) is 0 Å². The van der Waals surface area contributed by atoms with E-state index in [0.29, 0.717) is 23.5 Å². The zero-order chi connectivity index (χ0) is 30.4. The number of carbonyl (C=O) groups excluding carboxylic acids is 1. The maximum absolute atomic E-state index is 12.5. The number of carbonyl (C=O) groups is 2. The van der Waals surface area contributed by atoms with Crippen molar-refractivity contribution in [2.75, 3.05) is 11.8 Å².